The zero-order valence-electron chi connectivity index (χ0n) is 29.4. The number of aldehydes is 1. The fourth-order valence-corrected chi connectivity index (χ4v) is 5.37. The van der Waals surface area contributed by atoms with E-state index < -0.39 is 0 Å². The Hall–Kier alpha value is -5.41. The lowest BCUT2D eigenvalue weighted by Gasteiger charge is -2.16. The third kappa shape index (κ3) is 10.0. The molecule has 5 rings (SSSR count). The highest BCUT2D eigenvalue weighted by Gasteiger charge is 2.14. The molecule has 9 heteroatoms. The van der Waals surface area contributed by atoms with Gasteiger partial charge in [0, 0.05) is 35.8 Å². The van der Waals surface area contributed by atoms with Crippen molar-refractivity contribution in [3.63, 3.8) is 0 Å². The van der Waals surface area contributed by atoms with Gasteiger partial charge in [-0.1, -0.05) is 68.0 Å². The molecule has 2 atom stereocenters. The second-order valence-corrected chi connectivity index (χ2v) is 11.6. The molecule has 0 saturated heterocycles. The number of rotatable bonds is 12. The summed E-state index contributed by atoms with van der Waals surface area (Å²) >= 11 is 0. The van der Waals surface area contributed by atoms with Crippen molar-refractivity contribution in [2.24, 2.45) is 0 Å². The molecule has 0 bridgehead atoms. The molecular weight excluding hydrogens is 612 g/mol. The molecule has 0 aliphatic rings. The van der Waals surface area contributed by atoms with Crippen LogP contribution in [0.1, 0.15) is 75.5 Å². The highest BCUT2D eigenvalue weighted by molar-refractivity contribution is 6.05. The number of carbonyl (C=O) groups excluding carboxylic acids is 1. The summed E-state index contributed by atoms with van der Waals surface area (Å²) < 4.78 is 7.25. The van der Waals surface area contributed by atoms with E-state index in [4.69, 9.17) is 9.83 Å². The van der Waals surface area contributed by atoms with Gasteiger partial charge in [0.25, 0.3) is 5.56 Å². The Morgan fingerprint density at radius 2 is 1.82 bits per heavy atom. The fraction of sp³-hybridized carbons (Fsp3) is 0.275. The molecule has 0 fully saturated rings. The highest BCUT2D eigenvalue weighted by Crippen LogP contribution is 2.31. The lowest BCUT2D eigenvalue weighted by molar-refractivity contribution is -0.108. The summed E-state index contributed by atoms with van der Waals surface area (Å²) in [5.74, 6) is 1.02. The molecule has 0 radical (unpaired) electrons. The summed E-state index contributed by atoms with van der Waals surface area (Å²) in [6.45, 7) is 13.9. The van der Waals surface area contributed by atoms with Gasteiger partial charge in [-0.2, -0.15) is 0 Å². The third-order valence-corrected chi connectivity index (χ3v) is 8.04. The molecule has 9 nitrogen and oxygen atoms in total. The van der Waals surface area contributed by atoms with Gasteiger partial charge in [0.2, 0.25) is 0 Å². The van der Waals surface area contributed by atoms with Crippen molar-refractivity contribution in [2.75, 3.05) is 18.9 Å². The Kier molecular flexibility index (Phi) is 15.1. The minimum Gasteiger partial charge on any atom is -0.456 e. The number of furan rings is 1. The molecule has 0 amide bonds. The second-order valence-electron chi connectivity index (χ2n) is 11.6. The van der Waals surface area contributed by atoms with Gasteiger partial charge in [0.15, 0.2) is 0 Å². The summed E-state index contributed by atoms with van der Waals surface area (Å²) in [6.07, 6.45) is 16.6. The van der Waals surface area contributed by atoms with E-state index in [0.29, 0.717) is 23.7 Å². The molecule has 256 valence electrons. The minimum atomic E-state index is -0.288. The van der Waals surface area contributed by atoms with Gasteiger partial charge in [0.05, 0.1) is 12.7 Å². The second kappa shape index (κ2) is 19.4. The predicted molar refractivity (Wildman–Crippen MR) is 205 cm³/mol. The zero-order valence-corrected chi connectivity index (χ0v) is 29.4. The average Bonchev–Trinajstić information content (AvgIpc) is 3.50. The van der Waals surface area contributed by atoms with E-state index in [9.17, 15) is 9.59 Å². The average molecular weight is 661 g/mol. The molecule has 0 spiro atoms. The standard InChI is InChI=1S/C25H23N3O3.C14H22N2.CH3N/c1-3-4-5-10-24-26-16-21(25(30)28(24)13-14-29)27-17(2)18-11-12-23-20(15-18)19-8-6-7-9-22(19)31-23;1-5-12(3)14-6-7-16-10-13(14)8-11(2)9-15-4;1-2/h3-12,14-17,27H,13H2,1-2H3;6-8,10,12,15H,5,9H2,1-4H3;2H,1H2/b4-3-,10-5+;11-8+;/t;12-;/m.1./s1. The van der Waals surface area contributed by atoms with Gasteiger partial charge in [-0.25, -0.2) is 4.98 Å². The van der Waals surface area contributed by atoms with Crippen LogP contribution in [0.4, 0.5) is 5.69 Å². The first-order chi connectivity index (χ1) is 23.8. The topological polar surface area (TPSA) is 126 Å². The number of anilines is 1. The van der Waals surface area contributed by atoms with Crippen molar-refractivity contribution < 1.29 is 9.21 Å². The normalized spacial score (nSPS) is 12.7. The van der Waals surface area contributed by atoms with Crippen LogP contribution in [0.5, 0.6) is 0 Å². The lowest BCUT2D eigenvalue weighted by atomic mass is 9.94. The number of hydrogen-bond acceptors (Lipinski definition) is 8. The smallest absolute Gasteiger partial charge is 0.277 e. The van der Waals surface area contributed by atoms with Crippen LogP contribution in [0.25, 0.3) is 34.1 Å². The first kappa shape index (κ1) is 38.0. The van der Waals surface area contributed by atoms with Crippen molar-refractivity contribution in [2.45, 2.75) is 59.5 Å². The van der Waals surface area contributed by atoms with Gasteiger partial charge in [-0.05, 0) is 93.9 Å². The van der Waals surface area contributed by atoms with Crippen LogP contribution < -0.4 is 16.2 Å². The maximum atomic E-state index is 13.0. The Balaban J connectivity index is 0.000000305. The summed E-state index contributed by atoms with van der Waals surface area (Å²) in [4.78, 5) is 32.6. The number of nitrogens with zero attached hydrogens (tertiary/aromatic N) is 3. The molecule has 49 heavy (non-hydrogen) atoms. The number of aromatic nitrogens is 3. The van der Waals surface area contributed by atoms with Gasteiger partial charge in [-0.3, -0.25) is 14.3 Å². The number of hydrogen-bond donors (Lipinski definition) is 3. The molecule has 0 saturated carbocycles. The van der Waals surface area contributed by atoms with Crippen LogP contribution in [-0.4, -0.2) is 41.1 Å². The largest absolute Gasteiger partial charge is 0.456 e. The maximum absolute atomic E-state index is 13.0. The van der Waals surface area contributed by atoms with Gasteiger partial charge >= 0.3 is 0 Å². The van der Waals surface area contributed by atoms with Crippen molar-refractivity contribution in [1.29, 1.82) is 5.41 Å². The molecule has 3 heterocycles. The number of nitrogens with one attached hydrogen (secondary N) is 3. The van der Waals surface area contributed by atoms with Crippen LogP contribution in [-0.2, 0) is 11.3 Å². The van der Waals surface area contributed by atoms with Crippen LogP contribution in [0.15, 0.2) is 100 Å². The quantitative estimate of drug-likeness (QED) is 0.0695. The number of fused-ring (bicyclic) bond motifs is 3. The van der Waals surface area contributed by atoms with Gasteiger partial charge in [0.1, 0.15) is 29.0 Å². The Bertz CT molecular complexity index is 1970. The Labute approximate surface area is 289 Å². The molecule has 0 aliphatic carbocycles. The van der Waals surface area contributed by atoms with E-state index in [-0.39, 0.29) is 18.1 Å². The van der Waals surface area contributed by atoms with Crippen molar-refractivity contribution in [3.05, 3.63) is 124 Å². The van der Waals surface area contributed by atoms with E-state index in [1.807, 2.05) is 81.8 Å². The van der Waals surface area contributed by atoms with Gasteiger partial charge in [-0.15, -0.1) is 0 Å². The number of benzene rings is 2. The Morgan fingerprint density at radius 1 is 1.06 bits per heavy atom. The summed E-state index contributed by atoms with van der Waals surface area (Å²) in [5, 5.41) is 14.0. The number of likely N-dealkylation sites (N-methyl/N-ethyl adjacent to an activating group) is 1. The van der Waals surface area contributed by atoms with E-state index >= 15 is 0 Å². The number of allylic oxidation sites excluding steroid dienone is 3. The van der Waals surface area contributed by atoms with E-state index in [2.05, 4.69) is 66.3 Å². The van der Waals surface area contributed by atoms with Crippen molar-refractivity contribution >= 4 is 52.8 Å². The number of pyridine rings is 1. The van der Waals surface area contributed by atoms with Crippen LogP contribution >= 0.6 is 0 Å². The van der Waals surface area contributed by atoms with Crippen molar-refractivity contribution in [3.8, 4) is 0 Å². The third-order valence-electron chi connectivity index (χ3n) is 8.04. The molecule has 2 aromatic carbocycles. The molecule has 3 N–H and O–H groups in total. The van der Waals surface area contributed by atoms with Crippen LogP contribution in [0, 0.1) is 5.41 Å². The SMILES string of the molecule is C/C=C\C=C\c1ncc(NC(C)c2ccc3oc4ccccc4c3c2)c(=O)n1CC=O.C=N.CC[C@@H](C)c1ccncc1/C=C(\C)CNC. The summed E-state index contributed by atoms with van der Waals surface area (Å²) in [7, 11) is 1.97. The summed E-state index contributed by atoms with van der Waals surface area (Å²) in [6, 6.07) is 15.9. The van der Waals surface area contributed by atoms with E-state index in [1.54, 1.807) is 12.2 Å². The number of para-hydroxylation sites is 1. The first-order valence-electron chi connectivity index (χ1n) is 16.4. The highest BCUT2D eigenvalue weighted by atomic mass is 16.3. The Morgan fingerprint density at radius 3 is 2.53 bits per heavy atom. The minimum absolute atomic E-state index is 0.0573. The van der Waals surface area contributed by atoms with Crippen LogP contribution in [0.3, 0.4) is 0 Å². The van der Waals surface area contributed by atoms with E-state index in [0.717, 1.165) is 40.5 Å². The maximum Gasteiger partial charge on any atom is 0.277 e. The molecule has 3 aromatic heterocycles. The lowest BCUT2D eigenvalue weighted by Crippen LogP contribution is -2.27. The fourth-order valence-electron chi connectivity index (χ4n) is 5.37. The first-order valence-corrected chi connectivity index (χ1v) is 16.4. The molecule has 1 unspecified atom stereocenters. The zero-order chi connectivity index (χ0) is 35.8. The van der Waals surface area contributed by atoms with Crippen molar-refractivity contribution in [1.82, 2.24) is 19.9 Å². The predicted octanol–water partition coefficient (Wildman–Crippen LogP) is 8.59. The molecule has 5 aromatic rings. The molecule has 0 aliphatic heterocycles. The number of carbonyl (C=O) groups is 1. The van der Waals surface area contributed by atoms with Gasteiger partial charge < -0.3 is 25.3 Å². The van der Waals surface area contributed by atoms with Crippen LogP contribution in [0.2, 0.25) is 0 Å². The monoisotopic (exact) mass is 660 g/mol. The van der Waals surface area contributed by atoms with E-state index in [1.165, 1.54) is 27.5 Å². The molecular formula is C40H48N6O3. The summed E-state index contributed by atoms with van der Waals surface area (Å²) in [5.41, 5.74) is 6.72.